The molecule has 4 aromatic rings. The summed E-state index contributed by atoms with van der Waals surface area (Å²) < 4.78 is 0. The SMILES string of the molecule is C=C1/C=C(c2ccc(C3=CNCc4ccccc43)cc2)\C=C/N(C2=CC=C(C3=CC=C4c5ccccc5C(C)(C)C4C3)CC2)c2ccccc21. The van der Waals surface area contributed by atoms with E-state index in [9.17, 15) is 0 Å². The summed E-state index contributed by atoms with van der Waals surface area (Å²) in [6, 6.07) is 35.3. The van der Waals surface area contributed by atoms with E-state index < -0.39 is 0 Å². The smallest absolute Gasteiger partial charge is 0.0530 e. The number of rotatable bonds is 4. The van der Waals surface area contributed by atoms with Crippen molar-refractivity contribution in [3.8, 4) is 0 Å². The maximum Gasteiger partial charge on any atom is 0.0530 e. The van der Waals surface area contributed by atoms with Gasteiger partial charge in [0.05, 0.1) is 5.69 Å². The molecule has 5 aliphatic rings. The lowest BCUT2D eigenvalue weighted by Gasteiger charge is -2.33. The molecule has 3 aliphatic carbocycles. The summed E-state index contributed by atoms with van der Waals surface area (Å²) in [5.74, 6) is 0.521. The van der Waals surface area contributed by atoms with Gasteiger partial charge in [0.25, 0.3) is 0 Å². The van der Waals surface area contributed by atoms with Crippen LogP contribution in [0.1, 0.15) is 72.1 Å². The van der Waals surface area contributed by atoms with Crippen LogP contribution in [0.25, 0.3) is 22.3 Å². The minimum atomic E-state index is 0.140. The van der Waals surface area contributed by atoms with Gasteiger partial charge in [-0.05, 0) is 116 Å². The molecule has 0 amide bonds. The molecule has 2 heteroatoms. The molecular weight excluding hydrogens is 605 g/mol. The number of hydrogen-bond donors (Lipinski definition) is 1. The fourth-order valence-corrected chi connectivity index (χ4v) is 8.74. The van der Waals surface area contributed by atoms with Crippen LogP contribution in [0.3, 0.4) is 0 Å². The van der Waals surface area contributed by atoms with Crippen molar-refractivity contribution < 1.29 is 0 Å². The van der Waals surface area contributed by atoms with Crippen LogP contribution in [-0.4, -0.2) is 0 Å². The van der Waals surface area contributed by atoms with Gasteiger partial charge in [-0.25, -0.2) is 0 Å². The van der Waals surface area contributed by atoms with Gasteiger partial charge in [-0.1, -0.05) is 130 Å². The standard InChI is InChI=1S/C48H42N2/c1-32-28-37(33-16-18-35(19-17-33)44-31-49-30-38-10-4-5-12-41(38)44)26-27-50(47-15-9-7-11-40(32)47)39-23-20-34(21-24-39)36-22-25-43-42-13-6-8-14-45(42)48(2,3)46(43)29-36/h4-20,22-23,25-28,31,46,49H,1,21,24,29-30H2,2-3H3/b27-26-,37-28+. The third kappa shape index (κ3) is 5.10. The molecule has 2 aliphatic heterocycles. The van der Waals surface area contributed by atoms with Crippen LogP contribution in [0.5, 0.6) is 0 Å². The van der Waals surface area contributed by atoms with Gasteiger partial charge in [0.1, 0.15) is 0 Å². The van der Waals surface area contributed by atoms with Crippen LogP contribution >= 0.6 is 0 Å². The van der Waals surface area contributed by atoms with Crippen LogP contribution in [0.15, 0.2) is 169 Å². The zero-order valence-electron chi connectivity index (χ0n) is 28.9. The number of nitrogens with one attached hydrogen (secondary N) is 1. The maximum absolute atomic E-state index is 4.56. The number of anilines is 1. The van der Waals surface area contributed by atoms with Crippen molar-refractivity contribution in [1.29, 1.82) is 0 Å². The Hall–Kier alpha value is -5.60. The van der Waals surface area contributed by atoms with Crippen molar-refractivity contribution >= 4 is 28.0 Å². The topological polar surface area (TPSA) is 15.3 Å². The zero-order chi connectivity index (χ0) is 33.8. The van der Waals surface area contributed by atoms with Crippen molar-refractivity contribution in [3.05, 3.63) is 208 Å². The highest BCUT2D eigenvalue weighted by atomic mass is 15.1. The Morgan fingerprint density at radius 2 is 1.44 bits per heavy atom. The van der Waals surface area contributed by atoms with E-state index in [4.69, 9.17) is 0 Å². The van der Waals surface area contributed by atoms with Gasteiger partial charge in [-0.3, -0.25) is 0 Å². The number of para-hydroxylation sites is 1. The largest absolute Gasteiger partial charge is 0.386 e. The Morgan fingerprint density at radius 3 is 2.26 bits per heavy atom. The molecule has 1 atom stereocenters. The maximum atomic E-state index is 4.56. The van der Waals surface area contributed by atoms with Gasteiger partial charge in [-0.2, -0.15) is 0 Å². The third-order valence-corrected chi connectivity index (χ3v) is 11.5. The molecule has 0 saturated carbocycles. The second kappa shape index (κ2) is 12.1. The Balaban J connectivity index is 1.01. The highest BCUT2D eigenvalue weighted by Crippen LogP contribution is 2.54. The molecule has 0 bridgehead atoms. The Labute approximate surface area is 296 Å². The molecule has 2 nitrogen and oxygen atoms in total. The highest BCUT2D eigenvalue weighted by Gasteiger charge is 2.43. The van der Waals surface area contributed by atoms with E-state index in [2.05, 4.69) is 177 Å². The van der Waals surface area contributed by atoms with E-state index >= 15 is 0 Å². The zero-order valence-corrected chi connectivity index (χ0v) is 28.9. The average molecular weight is 647 g/mol. The predicted octanol–water partition coefficient (Wildman–Crippen LogP) is 11.5. The Kier molecular flexibility index (Phi) is 7.35. The third-order valence-electron chi connectivity index (χ3n) is 11.5. The van der Waals surface area contributed by atoms with Crippen molar-refractivity contribution in [1.82, 2.24) is 5.32 Å². The second-order valence-electron chi connectivity index (χ2n) is 14.7. The van der Waals surface area contributed by atoms with Crippen molar-refractivity contribution in [3.63, 3.8) is 0 Å². The van der Waals surface area contributed by atoms with E-state index in [-0.39, 0.29) is 5.41 Å². The first-order chi connectivity index (χ1) is 24.5. The van der Waals surface area contributed by atoms with Gasteiger partial charge in [0.15, 0.2) is 0 Å². The monoisotopic (exact) mass is 646 g/mol. The molecule has 1 unspecified atom stereocenters. The summed E-state index contributed by atoms with van der Waals surface area (Å²) >= 11 is 0. The molecule has 0 radical (unpaired) electrons. The first-order valence-electron chi connectivity index (χ1n) is 18.0. The minimum Gasteiger partial charge on any atom is -0.386 e. The van der Waals surface area contributed by atoms with Crippen LogP contribution < -0.4 is 10.2 Å². The summed E-state index contributed by atoms with van der Waals surface area (Å²) in [5.41, 5.74) is 19.6. The quantitative estimate of drug-likeness (QED) is 0.237. The second-order valence-corrected chi connectivity index (χ2v) is 14.7. The first kappa shape index (κ1) is 30.5. The molecule has 0 spiro atoms. The number of hydrogen-bond acceptors (Lipinski definition) is 2. The minimum absolute atomic E-state index is 0.140. The van der Waals surface area contributed by atoms with E-state index in [1.807, 2.05) is 0 Å². The molecule has 4 aromatic carbocycles. The van der Waals surface area contributed by atoms with Crippen LogP contribution in [-0.2, 0) is 12.0 Å². The van der Waals surface area contributed by atoms with Crippen LogP contribution in [0.2, 0.25) is 0 Å². The molecule has 50 heavy (non-hydrogen) atoms. The normalized spacial score (nSPS) is 21.9. The lowest BCUT2D eigenvalue weighted by Crippen LogP contribution is -2.25. The Bertz CT molecular complexity index is 2280. The Morgan fingerprint density at radius 1 is 0.720 bits per heavy atom. The first-order valence-corrected chi connectivity index (χ1v) is 18.0. The molecule has 0 saturated heterocycles. The predicted molar refractivity (Wildman–Crippen MR) is 211 cm³/mol. The van der Waals surface area contributed by atoms with E-state index in [0.29, 0.717) is 5.92 Å². The number of benzene rings is 4. The summed E-state index contributed by atoms with van der Waals surface area (Å²) in [7, 11) is 0. The number of fused-ring (bicyclic) bond motifs is 5. The van der Waals surface area contributed by atoms with Crippen molar-refractivity contribution in [2.24, 2.45) is 5.92 Å². The van der Waals surface area contributed by atoms with E-state index in [1.54, 1.807) is 0 Å². The van der Waals surface area contributed by atoms with Crippen molar-refractivity contribution in [2.75, 3.05) is 4.90 Å². The fourth-order valence-electron chi connectivity index (χ4n) is 8.74. The van der Waals surface area contributed by atoms with Gasteiger partial charge in [0.2, 0.25) is 0 Å². The van der Waals surface area contributed by atoms with Gasteiger partial charge in [-0.15, -0.1) is 0 Å². The molecule has 244 valence electrons. The molecule has 0 fully saturated rings. The summed E-state index contributed by atoms with van der Waals surface area (Å²) in [6.45, 7) is 10.3. The van der Waals surface area contributed by atoms with Gasteiger partial charge >= 0.3 is 0 Å². The lowest BCUT2D eigenvalue weighted by atomic mass is 9.71. The highest BCUT2D eigenvalue weighted by molar-refractivity contribution is 5.93. The van der Waals surface area contributed by atoms with Crippen LogP contribution in [0.4, 0.5) is 5.69 Å². The summed E-state index contributed by atoms with van der Waals surface area (Å²) in [5, 5.41) is 3.45. The molecule has 9 rings (SSSR count). The van der Waals surface area contributed by atoms with E-state index in [0.717, 1.165) is 42.5 Å². The molecule has 2 heterocycles. The summed E-state index contributed by atoms with van der Waals surface area (Å²) in [4.78, 5) is 2.38. The van der Waals surface area contributed by atoms with Crippen molar-refractivity contribution in [2.45, 2.75) is 45.1 Å². The fraction of sp³-hybridized carbons (Fsp3) is 0.167. The van der Waals surface area contributed by atoms with Gasteiger partial charge in [0, 0.05) is 35.8 Å². The van der Waals surface area contributed by atoms with E-state index in [1.165, 1.54) is 67.1 Å². The molecular formula is C48H42N2. The molecule has 1 N–H and O–H groups in total. The number of nitrogens with zero attached hydrogens (tertiary/aromatic N) is 1. The number of allylic oxidation sites excluding steroid dienone is 12. The van der Waals surface area contributed by atoms with Crippen LogP contribution in [0, 0.1) is 5.92 Å². The summed E-state index contributed by atoms with van der Waals surface area (Å²) in [6.07, 6.45) is 21.5. The average Bonchev–Trinajstić information content (AvgIpc) is 3.39. The lowest BCUT2D eigenvalue weighted by molar-refractivity contribution is 0.408. The van der Waals surface area contributed by atoms with Gasteiger partial charge < -0.3 is 10.2 Å². The molecule has 0 aromatic heterocycles.